The van der Waals surface area contributed by atoms with Gasteiger partial charge < -0.3 is 24.4 Å². The van der Waals surface area contributed by atoms with E-state index in [-0.39, 0.29) is 30.2 Å². The first-order valence-corrected chi connectivity index (χ1v) is 17.8. The van der Waals surface area contributed by atoms with Gasteiger partial charge in [-0.1, -0.05) is 80.8 Å². The van der Waals surface area contributed by atoms with Crippen LogP contribution in [0.15, 0.2) is 58.3 Å². The molecule has 0 bridgehead atoms. The minimum atomic E-state index is -4.30. The van der Waals surface area contributed by atoms with E-state index < -0.39 is 56.0 Å². The number of fused-ring (bicyclic) bond motifs is 1. The molecule has 0 aliphatic carbocycles. The Balaban J connectivity index is 1.42. The van der Waals surface area contributed by atoms with E-state index in [2.05, 4.69) is 34.2 Å². The second-order valence-electron chi connectivity index (χ2n) is 11.6. The van der Waals surface area contributed by atoms with Crippen LogP contribution < -0.4 is 26.2 Å². The van der Waals surface area contributed by atoms with Gasteiger partial charge in [0.15, 0.2) is 0 Å². The molecule has 49 heavy (non-hydrogen) atoms. The fraction of sp³-hybridized carbons (Fsp3) is 0.471. The van der Waals surface area contributed by atoms with E-state index in [1.165, 1.54) is 20.2 Å². The second-order valence-corrected chi connectivity index (χ2v) is 13.3. The minimum Gasteiger partial charge on any atom is -0.468 e. The minimum absolute atomic E-state index is 0.0218. The maximum absolute atomic E-state index is 14.0. The summed E-state index contributed by atoms with van der Waals surface area (Å²) in [6.45, 7) is 3.12. The maximum Gasteiger partial charge on any atom is 0.459 e. The molecule has 0 saturated carbocycles. The van der Waals surface area contributed by atoms with Crippen LogP contribution in [-0.4, -0.2) is 65.0 Å². The normalized spacial score (nSPS) is 19.0. The average molecular weight is 699 g/mol. The van der Waals surface area contributed by atoms with Gasteiger partial charge in [-0.05, 0) is 24.8 Å². The van der Waals surface area contributed by atoms with Crippen LogP contribution in [0, 0.1) is 11.8 Å². The van der Waals surface area contributed by atoms with Gasteiger partial charge in [-0.15, -0.1) is 0 Å². The number of hydrogen-bond acceptors (Lipinski definition) is 10. The number of methoxy groups -OCH3 is 1. The summed E-state index contributed by atoms with van der Waals surface area (Å²) in [7, 11) is -3.12. The largest absolute Gasteiger partial charge is 0.468 e. The van der Waals surface area contributed by atoms with E-state index in [4.69, 9.17) is 18.5 Å². The van der Waals surface area contributed by atoms with Crippen LogP contribution in [-0.2, 0) is 28.2 Å². The van der Waals surface area contributed by atoms with Crippen molar-refractivity contribution in [3.63, 3.8) is 0 Å². The van der Waals surface area contributed by atoms with Crippen molar-refractivity contribution in [2.24, 2.45) is 0 Å². The summed E-state index contributed by atoms with van der Waals surface area (Å²) >= 11 is 0. The molecule has 1 amide bonds. The van der Waals surface area contributed by atoms with Gasteiger partial charge in [-0.25, -0.2) is 9.36 Å². The fourth-order valence-corrected chi connectivity index (χ4v) is 6.74. The fourth-order valence-electron chi connectivity index (χ4n) is 5.22. The van der Waals surface area contributed by atoms with Crippen molar-refractivity contribution in [3.8, 4) is 17.6 Å². The van der Waals surface area contributed by atoms with Gasteiger partial charge in [0.2, 0.25) is 5.91 Å². The summed E-state index contributed by atoms with van der Waals surface area (Å²) in [5.74, 6) is 4.78. The molecule has 1 unspecified atom stereocenters. The molecule has 1 aliphatic heterocycles. The van der Waals surface area contributed by atoms with Gasteiger partial charge in [-0.3, -0.25) is 28.5 Å². The van der Waals surface area contributed by atoms with Crippen molar-refractivity contribution in [3.05, 3.63) is 75.1 Å². The zero-order chi connectivity index (χ0) is 35.4. The molecule has 264 valence electrons. The molecule has 3 aromatic rings. The lowest BCUT2D eigenvalue weighted by Gasteiger charge is -2.25. The second kappa shape index (κ2) is 17.9. The Labute approximate surface area is 284 Å². The lowest BCUT2D eigenvalue weighted by Crippen LogP contribution is -2.36. The van der Waals surface area contributed by atoms with E-state index in [0.29, 0.717) is 11.8 Å². The number of amides is 1. The third-order valence-electron chi connectivity index (χ3n) is 7.87. The van der Waals surface area contributed by atoms with Crippen molar-refractivity contribution in [1.82, 2.24) is 20.0 Å². The zero-order valence-corrected chi connectivity index (χ0v) is 28.7. The van der Waals surface area contributed by atoms with Crippen molar-refractivity contribution in [2.45, 2.75) is 83.3 Å². The van der Waals surface area contributed by atoms with Crippen molar-refractivity contribution < 1.29 is 37.8 Å². The predicted molar refractivity (Wildman–Crippen MR) is 182 cm³/mol. The number of aliphatic hydroxyl groups excluding tert-OH is 1. The highest BCUT2D eigenvalue weighted by Crippen LogP contribution is 2.47. The number of nitrogens with zero attached hydrogens (tertiary/aromatic N) is 1. The van der Waals surface area contributed by atoms with Crippen molar-refractivity contribution in [1.29, 1.82) is 0 Å². The molecule has 15 heteroatoms. The predicted octanol–water partition coefficient (Wildman–Crippen LogP) is 3.52. The van der Waals surface area contributed by atoms with Gasteiger partial charge in [0.1, 0.15) is 29.7 Å². The number of rotatable bonds is 16. The summed E-state index contributed by atoms with van der Waals surface area (Å²) in [6, 6.07) is 11.4. The van der Waals surface area contributed by atoms with E-state index in [0.717, 1.165) is 42.1 Å². The van der Waals surface area contributed by atoms with E-state index >= 15 is 0 Å². The number of carbonyl (C=O) groups excluding carboxylic acids is 2. The maximum atomic E-state index is 14.0. The standard InChI is InChI=1S/C34H43N4O10P/c1-4-5-6-7-8-18-30(40)35-19-12-15-25-21-38(34(43)36-32(25)41)31-20-27(39)29(47-31)22-46-49(44,37-23(2)33(42)45-3)48-28-17-11-14-24-13-9-10-16-26(24)28/h9-11,13-14,16-17,21,23,27,29,31,39H,4-8,18-20,22H2,1-3H3,(H,35,40)(H,37,44)(H,36,41,43)/t23-,27+,29-,31-,49?/m0/s1. The molecule has 14 nitrogen and oxygen atoms in total. The molecule has 0 radical (unpaired) electrons. The summed E-state index contributed by atoms with van der Waals surface area (Å²) in [5.41, 5.74) is -1.55. The number of esters is 1. The van der Waals surface area contributed by atoms with Gasteiger partial charge in [0.05, 0.1) is 26.4 Å². The van der Waals surface area contributed by atoms with Crippen molar-refractivity contribution >= 4 is 30.4 Å². The zero-order valence-electron chi connectivity index (χ0n) is 27.8. The highest BCUT2D eigenvalue weighted by atomic mass is 31.2. The number of aromatic nitrogens is 2. The molecular formula is C34H43N4O10P. The molecule has 1 saturated heterocycles. The Morgan fingerprint density at radius 3 is 2.67 bits per heavy atom. The topological polar surface area (TPSA) is 187 Å². The van der Waals surface area contributed by atoms with Crippen LogP contribution in [0.4, 0.5) is 0 Å². The molecular weight excluding hydrogens is 655 g/mol. The average Bonchev–Trinajstić information content (AvgIpc) is 3.45. The van der Waals surface area contributed by atoms with Crippen molar-refractivity contribution in [2.75, 3.05) is 20.3 Å². The third-order valence-corrected chi connectivity index (χ3v) is 9.50. The Hall–Kier alpha value is -4.25. The third kappa shape index (κ3) is 10.6. The lowest BCUT2D eigenvalue weighted by atomic mass is 10.1. The summed E-state index contributed by atoms with van der Waals surface area (Å²) in [6.07, 6.45) is 3.41. The quantitative estimate of drug-likeness (QED) is 0.0742. The highest BCUT2D eigenvalue weighted by molar-refractivity contribution is 7.52. The number of benzene rings is 2. The van der Waals surface area contributed by atoms with E-state index in [1.807, 2.05) is 18.2 Å². The van der Waals surface area contributed by atoms with Gasteiger partial charge in [0, 0.05) is 24.4 Å². The molecule has 2 heterocycles. The van der Waals surface area contributed by atoms with Crippen LogP contribution in [0.1, 0.15) is 70.6 Å². The molecule has 1 aromatic heterocycles. The smallest absolute Gasteiger partial charge is 0.459 e. The molecule has 1 fully saturated rings. The van der Waals surface area contributed by atoms with Crippen LogP contribution >= 0.6 is 7.75 Å². The molecule has 0 spiro atoms. The SMILES string of the molecule is CCCCCCCC(=O)NCC#Cc1cn([C@@H]2C[C@@H](O)[C@H](COP(=O)(N[C@@H](C)C(=O)OC)Oc3cccc4ccccc34)O2)c(=O)[nH]c1=O. The van der Waals surface area contributed by atoms with Crippen LogP contribution in [0.3, 0.4) is 0 Å². The Morgan fingerprint density at radius 1 is 1.14 bits per heavy atom. The molecule has 4 rings (SSSR count). The number of ether oxygens (including phenoxy) is 2. The molecule has 4 N–H and O–H groups in total. The summed E-state index contributed by atoms with van der Waals surface area (Å²) in [5, 5.41) is 17.6. The molecule has 2 aromatic carbocycles. The Kier molecular flexibility index (Phi) is 13.8. The number of carbonyl (C=O) groups is 2. The lowest BCUT2D eigenvalue weighted by molar-refractivity contribution is -0.142. The van der Waals surface area contributed by atoms with Crippen LogP contribution in [0.2, 0.25) is 0 Å². The monoisotopic (exact) mass is 698 g/mol. The summed E-state index contributed by atoms with van der Waals surface area (Å²) < 4.78 is 37.4. The number of nitrogens with one attached hydrogen (secondary N) is 3. The first-order valence-electron chi connectivity index (χ1n) is 16.3. The van der Waals surface area contributed by atoms with Gasteiger partial charge >= 0.3 is 19.4 Å². The van der Waals surface area contributed by atoms with E-state index in [1.54, 1.807) is 24.3 Å². The number of aliphatic hydroxyl groups is 1. The number of unbranched alkanes of at least 4 members (excludes halogenated alkanes) is 4. The Bertz CT molecular complexity index is 1830. The summed E-state index contributed by atoms with van der Waals surface area (Å²) in [4.78, 5) is 51.6. The Morgan fingerprint density at radius 2 is 1.90 bits per heavy atom. The van der Waals surface area contributed by atoms with Gasteiger partial charge in [0.25, 0.3) is 5.56 Å². The number of hydrogen-bond donors (Lipinski definition) is 4. The number of H-pyrrole nitrogens is 1. The van der Waals surface area contributed by atoms with Crippen LogP contribution in [0.5, 0.6) is 5.75 Å². The van der Waals surface area contributed by atoms with Gasteiger partial charge in [-0.2, -0.15) is 5.09 Å². The molecule has 1 aliphatic rings. The van der Waals surface area contributed by atoms with Crippen LogP contribution in [0.25, 0.3) is 10.8 Å². The molecule has 5 atom stereocenters. The number of aromatic amines is 1. The highest BCUT2D eigenvalue weighted by Gasteiger charge is 2.39. The first kappa shape index (κ1) is 37.6. The van der Waals surface area contributed by atoms with E-state index in [9.17, 15) is 28.8 Å². The first-order chi connectivity index (χ1) is 23.5.